The summed E-state index contributed by atoms with van der Waals surface area (Å²) in [6.45, 7) is 0. The van der Waals surface area contributed by atoms with Crippen molar-refractivity contribution in [1.29, 1.82) is 5.26 Å². The van der Waals surface area contributed by atoms with Crippen LogP contribution in [0.4, 0.5) is 0 Å². The first-order valence-corrected chi connectivity index (χ1v) is 7.67. The second kappa shape index (κ2) is 8.14. The number of rotatable bonds is 5. The van der Waals surface area contributed by atoms with E-state index in [-0.39, 0.29) is 6.04 Å². The molecule has 1 saturated carbocycles. The molecule has 0 aromatic heterocycles. The van der Waals surface area contributed by atoms with E-state index in [1.54, 1.807) is 6.08 Å². The first-order valence-electron chi connectivity index (χ1n) is 7.67. The van der Waals surface area contributed by atoms with Crippen LogP contribution in [-0.2, 0) is 9.59 Å². The fraction of sp³-hybridized carbons (Fsp3) is 0.389. The predicted molar refractivity (Wildman–Crippen MR) is 84.6 cm³/mol. The summed E-state index contributed by atoms with van der Waals surface area (Å²) < 4.78 is 0. The Morgan fingerprint density at radius 1 is 1.18 bits per heavy atom. The van der Waals surface area contributed by atoms with Crippen molar-refractivity contribution in [3.05, 3.63) is 42.0 Å². The molecule has 1 N–H and O–H groups in total. The largest absolute Gasteiger partial charge is 0.352 e. The third-order valence-corrected chi connectivity index (χ3v) is 3.87. The SMILES string of the molecule is N#C[C@@H](C(=O)/C=C\c1ccccc1)C(=O)NC1CCCCC1. The number of nitriles is 1. The number of allylic oxidation sites excluding steroid dienone is 1. The van der Waals surface area contributed by atoms with Crippen LogP contribution < -0.4 is 5.32 Å². The zero-order chi connectivity index (χ0) is 15.8. The Labute approximate surface area is 130 Å². The summed E-state index contributed by atoms with van der Waals surface area (Å²) in [5.41, 5.74) is 0.861. The van der Waals surface area contributed by atoms with E-state index in [2.05, 4.69) is 5.32 Å². The van der Waals surface area contributed by atoms with Crippen molar-refractivity contribution in [1.82, 2.24) is 5.32 Å². The zero-order valence-electron chi connectivity index (χ0n) is 12.5. The number of carbonyl (C=O) groups excluding carboxylic acids is 2. The number of benzene rings is 1. The second-order valence-corrected chi connectivity index (χ2v) is 5.55. The van der Waals surface area contributed by atoms with E-state index in [1.807, 2.05) is 36.4 Å². The van der Waals surface area contributed by atoms with Crippen LogP contribution in [0, 0.1) is 17.2 Å². The Bertz CT molecular complexity index is 581. The van der Waals surface area contributed by atoms with E-state index in [1.165, 1.54) is 12.5 Å². The van der Waals surface area contributed by atoms with Crippen molar-refractivity contribution in [2.24, 2.45) is 5.92 Å². The summed E-state index contributed by atoms with van der Waals surface area (Å²) in [6, 6.07) is 11.2. The van der Waals surface area contributed by atoms with Gasteiger partial charge in [0, 0.05) is 6.04 Å². The Hall–Kier alpha value is -2.41. The molecule has 0 aliphatic heterocycles. The number of ketones is 1. The minimum atomic E-state index is -1.26. The summed E-state index contributed by atoms with van der Waals surface area (Å²) in [5.74, 6) is -2.21. The number of amides is 1. The van der Waals surface area contributed by atoms with E-state index >= 15 is 0 Å². The molecule has 0 bridgehead atoms. The molecular formula is C18H20N2O2. The van der Waals surface area contributed by atoms with Gasteiger partial charge >= 0.3 is 0 Å². The van der Waals surface area contributed by atoms with Gasteiger partial charge in [0.25, 0.3) is 0 Å². The van der Waals surface area contributed by atoms with Crippen LogP contribution in [-0.4, -0.2) is 17.7 Å². The Morgan fingerprint density at radius 2 is 1.86 bits per heavy atom. The highest BCUT2D eigenvalue weighted by Crippen LogP contribution is 2.18. The summed E-state index contributed by atoms with van der Waals surface area (Å²) in [7, 11) is 0. The molecular weight excluding hydrogens is 276 g/mol. The van der Waals surface area contributed by atoms with Gasteiger partial charge in [0.1, 0.15) is 0 Å². The molecule has 1 aliphatic carbocycles. The molecule has 4 heteroatoms. The molecule has 1 aromatic carbocycles. The minimum Gasteiger partial charge on any atom is -0.352 e. The van der Waals surface area contributed by atoms with Crippen molar-refractivity contribution in [2.45, 2.75) is 38.1 Å². The molecule has 114 valence electrons. The van der Waals surface area contributed by atoms with Crippen LogP contribution in [0.1, 0.15) is 37.7 Å². The monoisotopic (exact) mass is 296 g/mol. The van der Waals surface area contributed by atoms with Gasteiger partial charge < -0.3 is 5.32 Å². The normalized spacial score (nSPS) is 16.9. The maximum atomic E-state index is 12.1. The van der Waals surface area contributed by atoms with Gasteiger partial charge in [-0.25, -0.2) is 0 Å². The van der Waals surface area contributed by atoms with Crippen LogP contribution in [0.3, 0.4) is 0 Å². The fourth-order valence-electron chi connectivity index (χ4n) is 2.62. The lowest BCUT2D eigenvalue weighted by atomic mass is 9.94. The highest BCUT2D eigenvalue weighted by atomic mass is 16.2. The van der Waals surface area contributed by atoms with Crippen molar-refractivity contribution in [2.75, 3.05) is 0 Å². The predicted octanol–water partition coefficient (Wildman–Crippen LogP) is 2.86. The molecule has 0 radical (unpaired) electrons. The van der Waals surface area contributed by atoms with Crippen molar-refractivity contribution >= 4 is 17.8 Å². The lowest BCUT2D eigenvalue weighted by molar-refractivity contribution is -0.130. The molecule has 1 atom stereocenters. The number of hydrogen-bond acceptors (Lipinski definition) is 3. The van der Waals surface area contributed by atoms with Crippen LogP contribution in [0.15, 0.2) is 36.4 Å². The molecule has 1 amide bonds. The summed E-state index contributed by atoms with van der Waals surface area (Å²) >= 11 is 0. The highest BCUT2D eigenvalue weighted by molar-refractivity contribution is 6.10. The first kappa shape index (κ1) is 16.0. The first-order chi connectivity index (χ1) is 10.7. The van der Waals surface area contributed by atoms with Gasteiger partial charge in [0.2, 0.25) is 5.91 Å². The maximum absolute atomic E-state index is 12.1. The Balaban J connectivity index is 1.95. The van der Waals surface area contributed by atoms with Crippen molar-refractivity contribution in [3.63, 3.8) is 0 Å². The maximum Gasteiger partial charge on any atom is 0.245 e. The molecule has 0 spiro atoms. The van der Waals surface area contributed by atoms with Crippen molar-refractivity contribution < 1.29 is 9.59 Å². The topological polar surface area (TPSA) is 70.0 Å². The number of nitrogens with one attached hydrogen (secondary N) is 1. The van der Waals surface area contributed by atoms with Crippen molar-refractivity contribution in [3.8, 4) is 6.07 Å². The van der Waals surface area contributed by atoms with E-state index in [9.17, 15) is 9.59 Å². The van der Waals surface area contributed by atoms with E-state index < -0.39 is 17.6 Å². The third-order valence-electron chi connectivity index (χ3n) is 3.87. The molecule has 4 nitrogen and oxygen atoms in total. The van der Waals surface area contributed by atoms with Gasteiger partial charge in [-0.05, 0) is 24.5 Å². The molecule has 0 saturated heterocycles. The van der Waals surface area contributed by atoms with Gasteiger partial charge in [0.15, 0.2) is 11.7 Å². The summed E-state index contributed by atoms with van der Waals surface area (Å²) in [4.78, 5) is 24.2. The average Bonchev–Trinajstić information content (AvgIpc) is 2.55. The molecule has 2 rings (SSSR count). The fourth-order valence-corrected chi connectivity index (χ4v) is 2.62. The van der Waals surface area contributed by atoms with Crippen LogP contribution >= 0.6 is 0 Å². The number of carbonyl (C=O) groups is 2. The number of nitrogens with zero attached hydrogens (tertiary/aromatic N) is 1. The van der Waals surface area contributed by atoms with Gasteiger partial charge in [-0.2, -0.15) is 5.26 Å². The zero-order valence-corrected chi connectivity index (χ0v) is 12.5. The van der Waals surface area contributed by atoms with Gasteiger partial charge in [-0.1, -0.05) is 55.7 Å². The quantitative estimate of drug-likeness (QED) is 0.671. The van der Waals surface area contributed by atoms with E-state index in [4.69, 9.17) is 5.26 Å². The molecule has 1 fully saturated rings. The van der Waals surface area contributed by atoms with Crippen LogP contribution in [0.2, 0.25) is 0 Å². The van der Waals surface area contributed by atoms with E-state index in [0.29, 0.717) is 0 Å². The van der Waals surface area contributed by atoms with Crippen LogP contribution in [0.5, 0.6) is 0 Å². The molecule has 0 heterocycles. The standard InChI is InChI=1S/C18H20N2O2/c19-13-16(18(22)20-15-9-5-2-6-10-15)17(21)12-11-14-7-3-1-4-8-14/h1,3-4,7-8,11-12,15-16H,2,5-6,9-10H2,(H,20,22)/b12-11-/t16-/m0/s1. The lowest BCUT2D eigenvalue weighted by Gasteiger charge is -2.23. The molecule has 1 aliphatic rings. The summed E-state index contributed by atoms with van der Waals surface area (Å²) in [6.07, 6.45) is 8.15. The smallest absolute Gasteiger partial charge is 0.245 e. The van der Waals surface area contributed by atoms with Gasteiger partial charge in [-0.15, -0.1) is 0 Å². The second-order valence-electron chi connectivity index (χ2n) is 5.55. The third kappa shape index (κ3) is 4.56. The molecule has 1 aromatic rings. The lowest BCUT2D eigenvalue weighted by Crippen LogP contribution is -2.41. The molecule has 22 heavy (non-hydrogen) atoms. The van der Waals surface area contributed by atoms with Crippen LogP contribution in [0.25, 0.3) is 6.08 Å². The Morgan fingerprint density at radius 3 is 2.50 bits per heavy atom. The van der Waals surface area contributed by atoms with Gasteiger partial charge in [0.05, 0.1) is 6.07 Å². The van der Waals surface area contributed by atoms with Gasteiger partial charge in [-0.3, -0.25) is 9.59 Å². The number of hydrogen-bond donors (Lipinski definition) is 1. The summed E-state index contributed by atoms with van der Waals surface area (Å²) in [5, 5.41) is 12.0. The molecule has 0 unspecified atom stereocenters. The van der Waals surface area contributed by atoms with E-state index in [0.717, 1.165) is 31.2 Å². The highest BCUT2D eigenvalue weighted by Gasteiger charge is 2.26. The minimum absolute atomic E-state index is 0.100. The average molecular weight is 296 g/mol. The Kier molecular flexibility index (Phi) is 5.91.